The van der Waals surface area contributed by atoms with Crippen LogP contribution in [0, 0.1) is 6.92 Å². The van der Waals surface area contributed by atoms with Crippen LogP contribution in [-0.4, -0.2) is 38.0 Å². The molecule has 1 amide bonds. The molecule has 0 aliphatic rings. The molecule has 2 heterocycles. The highest BCUT2D eigenvalue weighted by Gasteiger charge is 2.11. The van der Waals surface area contributed by atoms with Gasteiger partial charge in [-0.15, -0.1) is 11.3 Å². The van der Waals surface area contributed by atoms with Gasteiger partial charge in [0.05, 0.1) is 12.8 Å². The molecule has 0 saturated heterocycles. The van der Waals surface area contributed by atoms with E-state index in [2.05, 4.69) is 45.4 Å². The molecule has 0 bridgehead atoms. The summed E-state index contributed by atoms with van der Waals surface area (Å²) < 4.78 is 5.18. The molecule has 2 rings (SSSR count). The van der Waals surface area contributed by atoms with Crippen LogP contribution in [-0.2, 0) is 0 Å². The molecule has 0 aromatic carbocycles. The van der Waals surface area contributed by atoms with Gasteiger partial charge in [0.1, 0.15) is 0 Å². The molecule has 0 spiro atoms. The average molecular weight is 377 g/mol. The average Bonchev–Trinajstić information content (AvgIpc) is 3.30. The van der Waals surface area contributed by atoms with Crippen LogP contribution in [0.1, 0.15) is 47.2 Å². The Hall–Kier alpha value is -2.28. The van der Waals surface area contributed by atoms with Gasteiger partial charge in [-0.1, -0.05) is 13.0 Å². The van der Waals surface area contributed by atoms with E-state index in [0.29, 0.717) is 18.2 Å². The maximum absolute atomic E-state index is 12.0. The number of nitrogens with zero attached hydrogens (tertiary/aromatic N) is 1. The summed E-state index contributed by atoms with van der Waals surface area (Å²) in [4.78, 5) is 18.0. The molecular weight excluding hydrogens is 348 g/mol. The van der Waals surface area contributed by atoms with Crippen LogP contribution in [0.4, 0.5) is 0 Å². The predicted molar refractivity (Wildman–Crippen MR) is 107 cm³/mol. The lowest BCUT2D eigenvalue weighted by Gasteiger charge is -2.13. The molecule has 2 aromatic heterocycles. The van der Waals surface area contributed by atoms with Crippen molar-refractivity contribution in [3.63, 3.8) is 0 Å². The molecule has 3 N–H and O–H groups in total. The number of nitrogens with one attached hydrogen (secondary N) is 3. The summed E-state index contributed by atoms with van der Waals surface area (Å²) in [5.74, 6) is 1.43. The quantitative estimate of drug-likeness (QED) is 0.357. The Kier molecular flexibility index (Phi) is 8.21. The molecule has 0 saturated carbocycles. The normalized spacial score (nSPS) is 12.7. The van der Waals surface area contributed by atoms with Gasteiger partial charge in [-0.25, -0.2) is 0 Å². The molecule has 0 fully saturated rings. The number of rotatable bonds is 9. The fraction of sp³-hybridized carbons (Fsp3) is 0.474. The fourth-order valence-electron chi connectivity index (χ4n) is 2.41. The minimum Gasteiger partial charge on any atom is -0.459 e. The molecule has 6 nitrogen and oxygen atoms in total. The van der Waals surface area contributed by atoms with Gasteiger partial charge in [0.15, 0.2) is 11.7 Å². The Morgan fingerprint density at radius 3 is 2.73 bits per heavy atom. The molecule has 1 unspecified atom stereocenters. The van der Waals surface area contributed by atoms with Crippen molar-refractivity contribution in [2.24, 2.45) is 4.99 Å². The second-order valence-corrected chi connectivity index (χ2v) is 7.08. The third-order valence-electron chi connectivity index (χ3n) is 3.90. The summed E-state index contributed by atoms with van der Waals surface area (Å²) in [5, 5.41) is 11.5. The molecule has 142 valence electrons. The zero-order valence-electron chi connectivity index (χ0n) is 15.7. The van der Waals surface area contributed by atoms with Crippen molar-refractivity contribution in [2.75, 3.05) is 26.2 Å². The summed E-state index contributed by atoms with van der Waals surface area (Å²) in [5.41, 5.74) is 0.849. The minimum absolute atomic E-state index is 0.169. The molecule has 1 atom stereocenters. The summed E-state index contributed by atoms with van der Waals surface area (Å²) in [6.45, 7) is 8.96. The van der Waals surface area contributed by atoms with E-state index in [-0.39, 0.29) is 5.91 Å². The van der Waals surface area contributed by atoms with Gasteiger partial charge in [-0.3, -0.25) is 9.79 Å². The van der Waals surface area contributed by atoms with E-state index >= 15 is 0 Å². The molecule has 26 heavy (non-hydrogen) atoms. The van der Waals surface area contributed by atoms with Crippen LogP contribution in [0.15, 0.2) is 39.3 Å². The molecule has 0 aliphatic heterocycles. The van der Waals surface area contributed by atoms with E-state index in [1.54, 1.807) is 17.4 Å². The number of amides is 1. The molecule has 7 heteroatoms. The van der Waals surface area contributed by atoms with Gasteiger partial charge in [0.25, 0.3) is 5.91 Å². The zero-order valence-corrected chi connectivity index (χ0v) is 16.5. The number of carbonyl (C=O) groups excluding carboxylic acids is 1. The van der Waals surface area contributed by atoms with E-state index in [9.17, 15) is 4.79 Å². The Balaban J connectivity index is 1.70. The van der Waals surface area contributed by atoms with Gasteiger partial charge in [-0.2, -0.15) is 0 Å². The smallest absolute Gasteiger partial charge is 0.287 e. The topological polar surface area (TPSA) is 78.7 Å². The highest BCUT2D eigenvalue weighted by Crippen LogP contribution is 2.20. The third-order valence-corrected chi connectivity index (χ3v) is 5.00. The van der Waals surface area contributed by atoms with Crippen molar-refractivity contribution in [2.45, 2.75) is 33.1 Å². The first-order valence-electron chi connectivity index (χ1n) is 8.99. The first-order chi connectivity index (χ1) is 12.6. The molecular formula is C19H28N4O2S. The summed E-state index contributed by atoms with van der Waals surface area (Å²) in [7, 11) is 0. The van der Waals surface area contributed by atoms with Crippen molar-refractivity contribution in [3.05, 3.63) is 46.0 Å². The first-order valence-corrected chi connectivity index (χ1v) is 9.87. The Bertz CT molecular complexity index is 694. The van der Waals surface area contributed by atoms with Crippen LogP contribution >= 0.6 is 11.3 Å². The van der Waals surface area contributed by atoms with Crippen molar-refractivity contribution in [3.8, 4) is 0 Å². The fourth-order valence-corrected chi connectivity index (χ4v) is 3.19. The van der Waals surface area contributed by atoms with E-state index < -0.39 is 0 Å². The van der Waals surface area contributed by atoms with E-state index in [1.165, 1.54) is 11.1 Å². The number of hydrogen-bond donors (Lipinski definition) is 3. The van der Waals surface area contributed by atoms with E-state index in [0.717, 1.165) is 37.6 Å². The maximum atomic E-state index is 12.0. The molecule has 0 aliphatic carbocycles. The standard InChI is InChI=1S/C19H28N4O2S/c1-4-20-19(23-13-15(3)16-7-5-12-26-16)22-10-6-9-21-18(24)17-14(2)8-11-25-17/h5,7-8,11-12,15H,4,6,9-10,13H2,1-3H3,(H,21,24)(H2,20,22,23). The lowest BCUT2D eigenvalue weighted by molar-refractivity contribution is 0.0925. The Morgan fingerprint density at radius 2 is 2.08 bits per heavy atom. The van der Waals surface area contributed by atoms with E-state index in [1.807, 2.05) is 13.8 Å². The van der Waals surface area contributed by atoms with Crippen molar-refractivity contribution >= 4 is 23.2 Å². The van der Waals surface area contributed by atoms with Crippen LogP contribution < -0.4 is 16.0 Å². The number of guanidine groups is 1. The largest absolute Gasteiger partial charge is 0.459 e. The van der Waals surface area contributed by atoms with Gasteiger partial charge in [0, 0.05) is 36.0 Å². The van der Waals surface area contributed by atoms with Crippen molar-refractivity contribution in [1.82, 2.24) is 16.0 Å². The monoisotopic (exact) mass is 376 g/mol. The summed E-state index contributed by atoms with van der Waals surface area (Å²) in [6, 6.07) is 6.00. The maximum Gasteiger partial charge on any atom is 0.287 e. The van der Waals surface area contributed by atoms with Crippen LogP contribution in [0.3, 0.4) is 0 Å². The van der Waals surface area contributed by atoms with Crippen LogP contribution in [0.5, 0.6) is 0 Å². The highest BCUT2D eigenvalue weighted by atomic mass is 32.1. The lowest BCUT2D eigenvalue weighted by Crippen LogP contribution is -2.39. The molecule has 0 radical (unpaired) electrons. The predicted octanol–water partition coefficient (Wildman–Crippen LogP) is 3.13. The summed E-state index contributed by atoms with van der Waals surface area (Å²) >= 11 is 1.77. The number of thiophene rings is 1. The Labute approximate surface area is 159 Å². The Morgan fingerprint density at radius 1 is 1.27 bits per heavy atom. The number of aryl methyl sites for hydroxylation is 1. The van der Waals surface area contributed by atoms with Gasteiger partial charge in [-0.05, 0) is 37.8 Å². The van der Waals surface area contributed by atoms with E-state index in [4.69, 9.17) is 4.42 Å². The highest BCUT2D eigenvalue weighted by molar-refractivity contribution is 7.10. The van der Waals surface area contributed by atoms with Crippen LogP contribution in [0.2, 0.25) is 0 Å². The second kappa shape index (κ2) is 10.7. The lowest BCUT2D eigenvalue weighted by atomic mass is 10.1. The molecule has 2 aromatic rings. The number of aliphatic imine (C=N–C) groups is 1. The van der Waals surface area contributed by atoms with Crippen molar-refractivity contribution < 1.29 is 9.21 Å². The number of carbonyl (C=O) groups is 1. The van der Waals surface area contributed by atoms with Gasteiger partial charge in [0.2, 0.25) is 0 Å². The van der Waals surface area contributed by atoms with Crippen LogP contribution in [0.25, 0.3) is 0 Å². The minimum atomic E-state index is -0.169. The third kappa shape index (κ3) is 6.22. The van der Waals surface area contributed by atoms with Gasteiger partial charge >= 0.3 is 0 Å². The van der Waals surface area contributed by atoms with Crippen molar-refractivity contribution in [1.29, 1.82) is 0 Å². The first kappa shape index (κ1) is 20.0. The number of furan rings is 1. The number of hydrogen-bond acceptors (Lipinski definition) is 4. The van der Waals surface area contributed by atoms with Gasteiger partial charge < -0.3 is 20.4 Å². The second-order valence-electron chi connectivity index (χ2n) is 6.11. The summed E-state index contributed by atoms with van der Waals surface area (Å²) in [6.07, 6.45) is 2.33. The zero-order chi connectivity index (χ0) is 18.8. The SMILES string of the molecule is CCNC(=NCC(C)c1cccs1)NCCCNC(=O)c1occc1C.